The minimum Gasteiger partial charge on any atom is -0.489 e. The van der Waals surface area contributed by atoms with Gasteiger partial charge in [-0.15, -0.1) is 0 Å². The second-order valence-corrected chi connectivity index (χ2v) is 5.01. The molecular weight excluding hydrogens is 248 g/mol. The molecular formula is C17H20N2O. The van der Waals surface area contributed by atoms with Crippen molar-refractivity contribution in [2.75, 3.05) is 31.1 Å². The number of hydrogen-bond donors (Lipinski definition) is 1. The lowest BCUT2D eigenvalue weighted by atomic mass is 10.2. The number of hydrogen-bond acceptors (Lipinski definition) is 3. The van der Waals surface area contributed by atoms with Crippen LogP contribution in [0.15, 0.2) is 54.6 Å². The SMILES string of the molecule is c1ccc(COc2cccc(N3CCNCC3)c2)cc1. The predicted molar refractivity (Wildman–Crippen MR) is 82.3 cm³/mol. The molecule has 0 saturated carbocycles. The van der Waals surface area contributed by atoms with Crippen LogP contribution in [-0.2, 0) is 6.61 Å². The van der Waals surface area contributed by atoms with E-state index in [-0.39, 0.29) is 0 Å². The highest BCUT2D eigenvalue weighted by molar-refractivity contribution is 5.51. The summed E-state index contributed by atoms with van der Waals surface area (Å²) < 4.78 is 5.88. The second kappa shape index (κ2) is 6.44. The van der Waals surface area contributed by atoms with Gasteiger partial charge in [0, 0.05) is 37.9 Å². The Morgan fingerprint density at radius 2 is 1.75 bits per heavy atom. The maximum absolute atomic E-state index is 5.88. The van der Waals surface area contributed by atoms with Crippen LogP contribution >= 0.6 is 0 Å². The predicted octanol–water partition coefficient (Wildman–Crippen LogP) is 2.68. The number of anilines is 1. The highest BCUT2D eigenvalue weighted by Gasteiger charge is 2.10. The summed E-state index contributed by atoms with van der Waals surface area (Å²) in [5.74, 6) is 0.935. The van der Waals surface area contributed by atoms with Crippen LogP contribution in [0.4, 0.5) is 5.69 Å². The van der Waals surface area contributed by atoms with Crippen molar-refractivity contribution in [1.82, 2.24) is 5.32 Å². The van der Waals surface area contributed by atoms with Crippen molar-refractivity contribution in [3.63, 3.8) is 0 Å². The molecule has 1 N–H and O–H groups in total. The van der Waals surface area contributed by atoms with Crippen molar-refractivity contribution in [1.29, 1.82) is 0 Å². The largest absolute Gasteiger partial charge is 0.489 e. The molecule has 0 amide bonds. The molecule has 1 aliphatic rings. The van der Waals surface area contributed by atoms with Gasteiger partial charge >= 0.3 is 0 Å². The molecule has 0 atom stereocenters. The molecule has 0 spiro atoms. The molecule has 1 aliphatic heterocycles. The highest BCUT2D eigenvalue weighted by atomic mass is 16.5. The van der Waals surface area contributed by atoms with Crippen molar-refractivity contribution < 1.29 is 4.74 Å². The van der Waals surface area contributed by atoms with E-state index < -0.39 is 0 Å². The third kappa shape index (κ3) is 3.31. The maximum Gasteiger partial charge on any atom is 0.121 e. The van der Waals surface area contributed by atoms with E-state index in [1.807, 2.05) is 24.3 Å². The minimum absolute atomic E-state index is 0.617. The van der Waals surface area contributed by atoms with E-state index >= 15 is 0 Å². The molecule has 0 radical (unpaired) electrons. The summed E-state index contributed by atoms with van der Waals surface area (Å²) in [6, 6.07) is 18.6. The molecule has 3 heteroatoms. The van der Waals surface area contributed by atoms with Gasteiger partial charge in [0.15, 0.2) is 0 Å². The van der Waals surface area contributed by atoms with Crippen molar-refractivity contribution >= 4 is 5.69 Å². The first kappa shape index (κ1) is 13.0. The van der Waals surface area contributed by atoms with E-state index in [4.69, 9.17) is 4.74 Å². The molecule has 2 aromatic rings. The van der Waals surface area contributed by atoms with Gasteiger partial charge in [-0.25, -0.2) is 0 Å². The van der Waals surface area contributed by atoms with Gasteiger partial charge in [-0.2, -0.15) is 0 Å². The van der Waals surface area contributed by atoms with Gasteiger partial charge in [0.25, 0.3) is 0 Å². The van der Waals surface area contributed by atoms with Crippen LogP contribution in [-0.4, -0.2) is 26.2 Å². The number of benzene rings is 2. The number of ether oxygens (including phenoxy) is 1. The van der Waals surface area contributed by atoms with Crippen molar-refractivity contribution in [2.24, 2.45) is 0 Å². The molecule has 104 valence electrons. The van der Waals surface area contributed by atoms with Crippen molar-refractivity contribution in [3.8, 4) is 5.75 Å². The molecule has 0 aromatic heterocycles. The van der Waals surface area contributed by atoms with Crippen LogP contribution in [0.2, 0.25) is 0 Å². The first-order chi connectivity index (χ1) is 9.92. The number of rotatable bonds is 4. The van der Waals surface area contributed by atoms with Gasteiger partial charge in [0.2, 0.25) is 0 Å². The Morgan fingerprint density at radius 1 is 0.950 bits per heavy atom. The summed E-state index contributed by atoms with van der Waals surface area (Å²) in [4.78, 5) is 2.39. The Kier molecular flexibility index (Phi) is 4.19. The van der Waals surface area contributed by atoms with Crippen LogP contribution in [0, 0.1) is 0 Å². The fourth-order valence-corrected chi connectivity index (χ4v) is 2.43. The van der Waals surface area contributed by atoms with E-state index in [2.05, 4.69) is 40.5 Å². The molecule has 2 aromatic carbocycles. The third-order valence-electron chi connectivity index (χ3n) is 3.55. The zero-order chi connectivity index (χ0) is 13.6. The molecule has 3 rings (SSSR count). The van der Waals surface area contributed by atoms with E-state index in [0.29, 0.717) is 6.61 Å². The van der Waals surface area contributed by atoms with E-state index in [1.165, 1.54) is 11.3 Å². The molecule has 1 saturated heterocycles. The van der Waals surface area contributed by atoms with Gasteiger partial charge in [0.1, 0.15) is 12.4 Å². The molecule has 0 unspecified atom stereocenters. The highest BCUT2D eigenvalue weighted by Crippen LogP contribution is 2.22. The number of nitrogens with zero attached hydrogens (tertiary/aromatic N) is 1. The fourth-order valence-electron chi connectivity index (χ4n) is 2.43. The third-order valence-corrected chi connectivity index (χ3v) is 3.55. The van der Waals surface area contributed by atoms with Gasteiger partial charge in [0.05, 0.1) is 0 Å². The van der Waals surface area contributed by atoms with Gasteiger partial charge in [-0.1, -0.05) is 36.4 Å². The molecule has 1 fully saturated rings. The van der Waals surface area contributed by atoms with Crippen LogP contribution < -0.4 is 15.0 Å². The van der Waals surface area contributed by atoms with Crippen molar-refractivity contribution in [3.05, 3.63) is 60.2 Å². The first-order valence-corrected chi connectivity index (χ1v) is 7.14. The van der Waals surface area contributed by atoms with Gasteiger partial charge in [-0.05, 0) is 17.7 Å². The lowest BCUT2D eigenvalue weighted by Gasteiger charge is -2.29. The average Bonchev–Trinajstić information content (AvgIpc) is 2.55. The Labute approximate surface area is 120 Å². The van der Waals surface area contributed by atoms with Crippen LogP contribution in [0.5, 0.6) is 5.75 Å². The quantitative estimate of drug-likeness (QED) is 0.922. The Morgan fingerprint density at radius 3 is 2.55 bits per heavy atom. The molecule has 0 aliphatic carbocycles. The lowest BCUT2D eigenvalue weighted by Crippen LogP contribution is -2.43. The Balaban J connectivity index is 1.65. The lowest BCUT2D eigenvalue weighted by molar-refractivity contribution is 0.306. The topological polar surface area (TPSA) is 24.5 Å². The minimum atomic E-state index is 0.617. The van der Waals surface area contributed by atoms with Gasteiger partial charge < -0.3 is 15.0 Å². The van der Waals surface area contributed by atoms with Crippen molar-refractivity contribution in [2.45, 2.75) is 6.61 Å². The summed E-state index contributed by atoms with van der Waals surface area (Å²) >= 11 is 0. The molecule has 20 heavy (non-hydrogen) atoms. The monoisotopic (exact) mass is 268 g/mol. The fraction of sp³-hybridized carbons (Fsp3) is 0.294. The molecule has 1 heterocycles. The normalized spacial score (nSPS) is 15.1. The zero-order valence-corrected chi connectivity index (χ0v) is 11.6. The van der Waals surface area contributed by atoms with Crippen LogP contribution in [0.3, 0.4) is 0 Å². The standard InChI is InChI=1S/C17H20N2O/c1-2-5-15(6-3-1)14-20-17-8-4-7-16(13-17)19-11-9-18-10-12-19/h1-8,13,18H,9-12,14H2. The zero-order valence-electron chi connectivity index (χ0n) is 11.6. The van der Waals surface area contributed by atoms with Crippen LogP contribution in [0.1, 0.15) is 5.56 Å². The maximum atomic E-state index is 5.88. The Bertz CT molecular complexity index is 536. The van der Waals surface area contributed by atoms with E-state index in [0.717, 1.165) is 31.9 Å². The van der Waals surface area contributed by atoms with E-state index in [9.17, 15) is 0 Å². The van der Waals surface area contributed by atoms with Crippen LogP contribution in [0.25, 0.3) is 0 Å². The summed E-state index contributed by atoms with van der Waals surface area (Å²) in [5, 5.41) is 3.37. The summed E-state index contributed by atoms with van der Waals surface area (Å²) in [6.07, 6.45) is 0. The van der Waals surface area contributed by atoms with E-state index in [1.54, 1.807) is 0 Å². The molecule has 0 bridgehead atoms. The summed E-state index contributed by atoms with van der Waals surface area (Å²) in [6.45, 7) is 4.83. The number of nitrogens with one attached hydrogen (secondary N) is 1. The van der Waals surface area contributed by atoms with Gasteiger partial charge in [-0.3, -0.25) is 0 Å². The average molecular weight is 268 g/mol. The number of piperazine rings is 1. The molecule has 3 nitrogen and oxygen atoms in total. The summed E-state index contributed by atoms with van der Waals surface area (Å²) in [7, 11) is 0. The summed E-state index contributed by atoms with van der Waals surface area (Å²) in [5.41, 5.74) is 2.44. The second-order valence-electron chi connectivity index (χ2n) is 5.01. The smallest absolute Gasteiger partial charge is 0.121 e. The first-order valence-electron chi connectivity index (χ1n) is 7.14. The Hall–Kier alpha value is -2.00.